The van der Waals surface area contributed by atoms with Gasteiger partial charge in [0.15, 0.2) is 0 Å². The summed E-state index contributed by atoms with van der Waals surface area (Å²) in [5, 5.41) is 13.2. The van der Waals surface area contributed by atoms with E-state index in [1.165, 1.54) is 0 Å². The molecule has 0 aliphatic carbocycles. The number of H-pyrrole nitrogens is 1. The molecule has 0 spiro atoms. The number of aliphatic hydroxyl groups is 1. The molecule has 0 fully saturated rings. The second kappa shape index (κ2) is 6.04. The average molecular weight is 318 g/mol. The van der Waals surface area contributed by atoms with Gasteiger partial charge in [-0.05, 0) is 52.3 Å². The highest BCUT2D eigenvalue weighted by molar-refractivity contribution is 5.95. The first kappa shape index (κ1) is 17.0. The molecule has 0 saturated heterocycles. The van der Waals surface area contributed by atoms with E-state index in [0.717, 1.165) is 0 Å². The molecule has 1 atom stereocenters. The van der Waals surface area contributed by atoms with Gasteiger partial charge in [-0.3, -0.25) is 9.59 Å². The highest BCUT2D eigenvalue weighted by Crippen LogP contribution is 2.26. The van der Waals surface area contributed by atoms with E-state index < -0.39 is 17.1 Å². The molecule has 1 amide bonds. The summed E-state index contributed by atoms with van der Waals surface area (Å²) in [5.41, 5.74) is 0.244. The summed E-state index contributed by atoms with van der Waals surface area (Å²) in [6, 6.07) is 3.48. The van der Waals surface area contributed by atoms with Gasteiger partial charge in [-0.1, -0.05) is 0 Å². The number of pyridine rings is 1. The van der Waals surface area contributed by atoms with Crippen molar-refractivity contribution in [2.24, 2.45) is 0 Å². The van der Waals surface area contributed by atoms with E-state index in [2.05, 4.69) is 10.3 Å². The standard InChI is InChI=1S/C17H22N2O4/c1-9-6-10(2)19-16(21)14(9)15(20)18-8-17(5,22)13-7-11(3)23-12(13)4/h6-7,22H,8H2,1-5H3,(H,18,20)(H,19,21)/t17-/m1/s1. The predicted molar refractivity (Wildman–Crippen MR) is 86.6 cm³/mol. The number of carbonyl (C=O) groups excluding carboxylic acids is 1. The van der Waals surface area contributed by atoms with Crippen LogP contribution >= 0.6 is 0 Å². The van der Waals surface area contributed by atoms with Crippen LogP contribution in [0.2, 0.25) is 0 Å². The fraction of sp³-hybridized carbons (Fsp3) is 0.412. The Kier molecular flexibility index (Phi) is 4.47. The van der Waals surface area contributed by atoms with Crippen LogP contribution in [0.15, 0.2) is 21.3 Å². The van der Waals surface area contributed by atoms with Crippen molar-refractivity contribution in [3.63, 3.8) is 0 Å². The van der Waals surface area contributed by atoms with E-state index in [-0.39, 0.29) is 12.1 Å². The van der Waals surface area contributed by atoms with E-state index >= 15 is 0 Å². The van der Waals surface area contributed by atoms with Gasteiger partial charge < -0.3 is 19.8 Å². The topological polar surface area (TPSA) is 95.3 Å². The van der Waals surface area contributed by atoms with Crippen molar-refractivity contribution in [2.75, 3.05) is 6.54 Å². The first-order valence-corrected chi connectivity index (χ1v) is 7.40. The summed E-state index contributed by atoms with van der Waals surface area (Å²) < 4.78 is 5.42. The van der Waals surface area contributed by atoms with Gasteiger partial charge in [0.1, 0.15) is 22.7 Å². The molecule has 3 N–H and O–H groups in total. The van der Waals surface area contributed by atoms with Crippen molar-refractivity contribution >= 4 is 5.91 Å². The number of rotatable bonds is 4. The van der Waals surface area contributed by atoms with Gasteiger partial charge in [0.05, 0.1) is 6.54 Å². The van der Waals surface area contributed by atoms with E-state index in [1.807, 2.05) is 0 Å². The van der Waals surface area contributed by atoms with Crippen LogP contribution in [-0.4, -0.2) is 22.5 Å². The summed E-state index contributed by atoms with van der Waals surface area (Å²) in [6.45, 7) is 8.58. The summed E-state index contributed by atoms with van der Waals surface area (Å²) in [6.07, 6.45) is 0. The van der Waals surface area contributed by atoms with Crippen LogP contribution < -0.4 is 10.9 Å². The molecule has 0 radical (unpaired) electrons. The molecule has 6 heteroatoms. The number of hydrogen-bond acceptors (Lipinski definition) is 4. The van der Waals surface area contributed by atoms with Gasteiger partial charge in [-0.2, -0.15) is 0 Å². The number of carbonyl (C=O) groups is 1. The minimum absolute atomic E-state index is 0.0294. The molecule has 2 heterocycles. The number of nitrogens with one attached hydrogen (secondary N) is 2. The maximum atomic E-state index is 12.3. The second-order valence-electron chi connectivity index (χ2n) is 6.12. The van der Waals surface area contributed by atoms with Gasteiger partial charge in [0.2, 0.25) is 0 Å². The minimum atomic E-state index is -1.29. The molecule has 0 unspecified atom stereocenters. The Morgan fingerprint density at radius 3 is 2.48 bits per heavy atom. The number of aryl methyl sites for hydroxylation is 4. The van der Waals surface area contributed by atoms with E-state index in [9.17, 15) is 14.7 Å². The molecule has 0 aliphatic heterocycles. The highest BCUT2D eigenvalue weighted by Gasteiger charge is 2.29. The second-order valence-corrected chi connectivity index (χ2v) is 6.12. The Morgan fingerprint density at radius 1 is 1.30 bits per heavy atom. The zero-order valence-electron chi connectivity index (χ0n) is 14.0. The Balaban J connectivity index is 2.19. The molecule has 124 valence electrons. The fourth-order valence-corrected chi connectivity index (χ4v) is 2.74. The molecule has 2 aromatic rings. The van der Waals surface area contributed by atoms with Crippen molar-refractivity contribution in [1.82, 2.24) is 10.3 Å². The number of aromatic nitrogens is 1. The smallest absolute Gasteiger partial charge is 0.261 e. The van der Waals surface area contributed by atoms with Crippen LogP contribution in [0.4, 0.5) is 0 Å². The maximum Gasteiger partial charge on any atom is 0.261 e. The number of furan rings is 1. The molecule has 0 saturated carbocycles. The maximum absolute atomic E-state index is 12.3. The van der Waals surface area contributed by atoms with Crippen LogP contribution in [0.1, 0.15) is 45.6 Å². The third kappa shape index (κ3) is 3.53. The lowest BCUT2D eigenvalue weighted by Gasteiger charge is -2.23. The minimum Gasteiger partial charge on any atom is -0.466 e. The quantitative estimate of drug-likeness (QED) is 0.801. The lowest BCUT2D eigenvalue weighted by Crippen LogP contribution is -2.40. The van der Waals surface area contributed by atoms with Crippen LogP contribution in [0.3, 0.4) is 0 Å². The van der Waals surface area contributed by atoms with Gasteiger partial charge in [-0.25, -0.2) is 0 Å². The van der Waals surface area contributed by atoms with Crippen molar-refractivity contribution < 1.29 is 14.3 Å². The fourth-order valence-electron chi connectivity index (χ4n) is 2.74. The van der Waals surface area contributed by atoms with Crippen molar-refractivity contribution in [2.45, 2.75) is 40.2 Å². The molecule has 6 nitrogen and oxygen atoms in total. The third-order valence-corrected chi connectivity index (χ3v) is 3.81. The van der Waals surface area contributed by atoms with Crippen LogP contribution in [0, 0.1) is 27.7 Å². The molecule has 23 heavy (non-hydrogen) atoms. The molecule has 0 bridgehead atoms. The first-order valence-electron chi connectivity index (χ1n) is 7.40. The molecule has 0 aromatic carbocycles. The Labute approximate surface area is 134 Å². The number of hydrogen-bond donors (Lipinski definition) is 3. The Morgan fingerprint density at radius 2 is 1.96 bits per heavy atom. The van der Waals surface area contributed by atoms with Crippen molar-refractivity contribution in [1.29, 1.82) is 0 Å². The largest absolute Gasteiger partial charge is 0.466 e. The lowest BCUT2D eigenvalue weighted by molar-refractivity contribution is 0.0513. The SMILES string of the molecule is Cc1cc(C)c(C(=O)NC[C@@](C)(O)c2cc(C)oc2C)c(=O)[nH]1. The van der Waals surface area contributed by atoms with Crippen LogP contribution in [0.5, 0.6) is 0 Å². The molecule has 2 rings (SSSR count). The van der Waals surface area contributed by atoms with Gasteiger partial charge in [-0.15, -0.1) is 0 Å². The summed E-state index contributed by atoms with van der Waals surface area (Å²) in [5.74, 6) is 0.780. The monoisotopic (exact) mass is 318 g/mol. The van der Waals surface area contributed by atoms with E-state index in [4.69, 9.17) is 4.42 Å². The molecule has 0 aliphatic rings. The van der Waals surface area contributed by atoms with Gasteiger partial charge in [0, 0.05) is 11.3 Å². The van der Waals surface area contributed by atoms with E-state index in [0.29, 0.717) is 28.3 Å². The normalized spacial score (nSPS) is 13.7. The lowest BCUT2D eigenvalue weighted by atomic mass is 9.96. The van der Waals surface area contributed by atoms with E-state index in [1.54, 1.807) is 46.8 Å². The first-order chi connectivity index (χ1) is 10.6. The zero-order valence-corrected chi connectivity index (χ0v) is 14.0. The molecular weight excluding hydrogens is 296 g/mol. The van der Waals surface area contributed by atoms with Crippen LogP contribution in [-0.2, 0) is 5.60 Å². The Hall–Kier alpha value is -2.34. The van der Waals surface area contributed by atoms with Crippen molar-refractivity contribution in [3.8, 4) is 0 Å². The molecule has 2 aromatic heterocycles. The summed E-state index contributed by atoms with van der Waals surface area (Å²) in [4.78, 5) is 26.9. The zero-order chi connectivity index (χ0) is 17.4. The molecular formula is C17H22N2O4. The predicted octanol–water partition coefficient (Wildman–Crippen LogP) is 1.84. The highest BCUT2D eigenvalue weighted by atomic mass is 16.3. The number of amides is 1. The van der Waals surface area contributed by atoms with Crippen LogP contribution in [0.25, 0.3) is 0 Å². The third-order valence-electron chi connectivity index (χ3n) is 3.81. The average Bonchev–Trinajstić information content (AvgIpc) is 2.75. The number of aromatic amines is 1. The van der Waals surface area contributed by atoms with Gasteiger partial charge in [0.25, 0.3) is 11.5 Å². The summed E-state index contributed by atoms with van der Waals surface area (Å²) in [7, 11) is 0. The van der Waals surface area contributed by atoms with Gasteiger partial charge >= 0.3 is 0 Å². The Bertz CT molecular complexity index is 799. The van der Waals surface area contributed by atoms with Crippen molar-refractivity contribution in [3.05, 3.63) is 56.4 Å². The summed E-state index contributed by atoms with van der Waals surface area (Å²) >= 11 is 0.